The Morgan fingerprint density at radius 3 is 2.24 bits per heavy atom. The Morgan fingerprint density at radius 2 is 1.43 bits per heavy atom. The van der Waals surface area contributed by atoms with Gasteiger partial charge in [0.15, 0.2) is 0 Å². The maximum atomic E-state index is 13.4. The van der Waals surface area contributed by atoms with Crippen molar-refractivity contribution in [1.29, 1.82) is 0 Å². The summed E-state index contributed by atoms with van der Waals surface area (Å²) in [6.07, 6.45) is 1.62. The van der Waals surface area contributed by atoms with Gasteiger partial charge in [0.05, 0.1) is 5.75 Å². The van der Waals surface area contributed by atoms with Crippen molar-refractivity contribution in [3.8, 4) is 0 Å². The second-order valence-electron chi connectivity index (χ2n) is 9.31. The molecule has 0 unspecified atom stereocenters. The zero-order valence-electron chi connectivity index (χ0n) is 22.3. The molecule has 5 rings (SSSR count). The molecule has 0 heterocycles. The number of carbonyl (C=O) groups excluding carboxylic acids is 3. The molecule has 3 amide bonds. The Hall–Kier alpha value is -4.66. The van der Waals surface area contributed by atoms with Crippen molar-refractivity contribution in [2.24, 2.45) is 0 Å². The van der Waals surface area contributed by atoms with E-state index < -0.39 is 11.8 Å². The van der Waals surface area contributed by atoms with Gasteiger partial charge in [0.1, 0.15) is 5.70 Å². The van der Waals surface area contributed by atoms with Crippen LogP contribution in [0.15, 0.2) is 136 Å². The zero-order chi connectivity index (χ0) is 29.3. The number of halogens is 1. The topological polar surface area (TPSA) is 87.3 Å². The SMILES string of the molecule is O=C(CSc1cccc(NC(=O)/C(=C\c2cccc(Br)c2)NC(=O)c2ccccc2)c1)Nc1ccc2ccccc2c1. The van der Waals surface area contributed by atoms with E-state index in [1.165, 1.54) is 11.8 Å². The van der Waals surface area contributed by atoms with Gasteiger partial charge in [-0.1, -0.05) is 82.7 Å². The molecule has 0 bridgehead atoms. The molecule has 0 fully saturated rings. The summed E-state index contributed by atoms with van der Waals surface area (Å²) >= 11 is 4.80. The third-order valence-corrected chi connectivity index (χ3v) is 7.67. The standard InChI is InChI=1S/C34H26BrN3O3S/c35-27-13-6-8-23(18-27)19-31(38-33(40)25-10-2-1-3-11-25)34(41)37-28-14-7-15-30(21-28)42-22-32(39)36-29-17-16-24-9-4-5-12-26(24)20-29/h1-21H,22H2,(H,36,39)(H,37,41)(H,38,40)/b31-19+. The van der Waals surface area contributed by atoms with Crippen LogP contribution in [0, 0.1) is 0 Å². The summed E-state index contributed by atoms with van der Waals surface area (Å²) in [6.45, 7) is 0. The summed E-state index contributed by atoms with van der Waals surface area (Å²) in [5, 5.41) is 10.7. The van der Waals surface area contributed by atoms with Crippen LogP contribution in [0.25, 0.3) is 16.8 Å². The number of thioether (sulfide) groups is 1. The van der Waals surface area contributed by atoms with E-state index in [0.717, 1.165) is 31.4 Å². The quantitative estimate of drug-likeness (QED) is 0.114. The highest BCUT2D eigenvalue weighted by Gasteiger charge is 2.15. The zero-order valence-corrected chi connectivity index (χ0v) is 24.7. The summed E-state index contributed by atoms with van der Waals surface area (Å²) in [4.78, 5) is 39.7. The molecule has 6 nitrogen and oxygen atoms in total. The fourth-order valence-corrected chi connectivity index (χ4v) is 5.35. The fraction of sp³-hybridized carbons (Fsp3) is 0.0294. The van der Waals surface area contributed by atoms with Crippen molar-refractivity contribution >= 4 is 73.6 Å². The van der Waals surface area contributed by atoms with Crippen LogP contribution >= 0.6 is 27.7 Å². The molecule has 0 saturated heterocycles. The molecule has 0 aliphatic carbocycles. The predicted octanol–water partition coefficient (Wildman–Crippen LogP) is 7.74. The molecular weight excluding hydrogens is 610 g/mol. The lowest BCUT2D eigenvalue weighted by Gasteiger charge is -2.12. The van der Waals surface area contributed by atoms with E-state index in [1.807, 2.05) is 78.9 Å². The molecule has 0 aliphatic rings. The van der Waals surface area contributed by atoms with Crippen LogP contribution in [-0.2, 0) is 9.59 Å². The van der Waals surface area contributed by atoms with Gasteiger partial charge in [0, 0.05) is 26.3 Å². The van der Waals surface area contributed by atoms with E-state index in [0.29, 0.717) is 11.3 Å². The van der Waals surface area contributed by atoms with E-state index in [9.17, 15) is 14.4 Å². The summed E-state index contributed by atoms with van der Waals surface area (Å²) < 4.78 is 0.847. The van der Waals surface area contributed by atoms with Gasteiger partial charge in [0.2, 0.25) is 5.91 Å². The Morgan fingerprint density at radius 1 is 0.690 bits per heavy atom. The Balaban J connectivity index is 1.25. The van der Waals surface area contributed by atoms with Crippen molar-refractivity contribution in [2.75, 3.05) is 16.4 Å². The highest BCUT2D eigenvalue weighted by Crippen LogP contribution is 2.24. The predicted molar refractivity (Wildman–Crippen MR) is 174 cm³/mol. The summed E-state index contributed by atoms with van der Waals surface area (Å²) in [5.74, 6) is -0.803. The van der Waals surface area contributed by atoms with E-state index in [2.05, 4.69) is 31.9 Å². The lowest BCUT2D eigenvalue weighted by Crippen LogP contribution is -2.30. The largest absolute Gasteiger partial charge is 0.325 e. The van der Waals surface area contributed by atoms with Gasteiger partial charge < -0.3 is 16.0 Å². The molecule has 0 atom stereocenters. The fourth-order valence-electron chi connectivity index (χ4n) is 4.18. The molecule has 8 heteroatoms. The second-order valence-corrected chi connectivity index (χ2v) is 11.3. The summed E-state index contributed by atoms with van der Waals surface area (Å²) in [5.41, 5.74) is 2.54. The molecular formula is C34H26BrN3O3S. The highest BCUT2D eigenvalue weighted by molar-refractivity contribution is 9.10. The number of fused-ring (bicyclic) bond motifs is 1. The Labute approximate surface area is 256 Å². The molecule has 42 heavy (non-hydrogen) atoms. The van der Waals surface area contributed by atoms with Gasteiger partial charge in [-0.15, -0.1) is 11.8 Å². The van der Waals surface area contributed by atoms with Gasteiger partial charge in [-0.25, -0.2) is 0 Å². The molecule has 5 aromatic rings. The lowest BCUT2D eigenvalue weighted by atomic mass is 10.1. The van der Waals surface area contributed by atoms with E-state index in [1.54, 1.807) is 48.5 Å². The maximum Gasteiger partial charge on any atom is 0.272 e. The minimum Gasteiger partial charge on any atom is -0.325 e. The normalized spacial score (nSPS) is 11.1. The van der Waals surface area contributed by atoms with Crippen LogP contribution in [0.4, 0.5) is 11.4 Å². The van der Waals surface area contributed by atoms with Crippen molar-refractivity contribution in [2.45, 2.75) is 4.90 Å². The molecule has 0 saturated carbocycles. The van der Waals surface area contributed by atoms with Crippen LogP contribution in [0.5, 0.6) is 0 Å². The first kappa shape index (κ1) is 28.9. The van der Waals surface area contributed by atoms with E-state index in [4.69, 9.17) is 0 Å². The van der Waals surface area contributed by atoms with Gasteiger partial charge in [-0.3, -0.25) is 14.4 Å². The third kappa shape index (κ3) is 7.96. The van der Waals surface area contributed by atoms with Crippen molar-refractivity contribution in [3.63, 3.8) is 0 Å². The minimum atomic E-state index is -0.476. The number of carbonyl (C=O) groups is 3. The van der Waals surface area contributed by atoms with Gasteiger partial charge >= 0.3 is 0 Å². The first-order valence-corrected chi connectivity index (χ1v) is 14.9. The van der Waals surface area contributed by atoms with Gasteiger partial charge in [-0.05, 0) is 77.0 Å². The average Bonchev–Trinajstić information content (AvgIpc) is 3.00. The number of hydrogen-bond donors (Lipinski definition) is 3. The molecule has 0 spiro atoms. The molecule has 0 aromatic heterocycles. The average molecular weight is 637 g/mol. The van der Waals surface area contributed by atoms with Crippen LogP contribution in [0.3, 0.4) is 0 Å². The monoisotopic (exact) mass is 635 g/mol. The number of rotatable bonds is 9. The summed E-state index contributed by atoms with van der Waals surface area (Å²) in [7, 11) is 0. The van der Waals surface area contributed by atoms with E-state index >= 15 is 0 Å². The van der Waals surface area contributed by atoms with E-state index in [-0.39, 0.29) is 17.4 Å². The van der Waals surface area contributed by atoms with Crippen LogP contribution < -0.4 is 16.0 Å². The molecule has 5 aromatic carbocycles. The minimum absolute atomic E-state index is 0.0924. The first-order chi connectivity index (χ1) is 20.4. The van der Waals surface area contributed by atoms with Crippen molar-refractivity contribution in [3.05, 3.63) is 143 Å². The Kier molecular flexibility index (Phi) is 9.48. The first-order valence-electron chi connectivity index (χ1n) is 13.1. The molecule has 3 N–H and O–H groups in total. The molecule has 0 radical (unpaired) electrons. The highest BCUT2D eigenvalue weighted by atomic mass is 79.9. The van der Waals surface area contributed by atoms with Crippen molar-refractivity contribution < 1.29 is 14.4 Å². The second kappa shape index (κ2) is 13.8. The number of hydrogen-bond acceptors (Lipinski definition) is 4. The lowest BCUT2D eigenvalue weighted by molar-refractivity contribution is -0.114. The van der Waals surface area contributed by atoms with Gasteiger partial charge in [0.25, 0.3) is 11.8 Å². The smallest absolute Gasteiger partial charge is 0.272 e. The summed E-state index contributed by atoms with van der Waals surface area (Å²) in [6, 6.07) is 37.1. The number of anilines is 2. The number of nitrogens with one attached hydrogen (secondary N) is 3. The third-order valence-electron chi connectivity index (χ3n) is 6.18. The molecule has 0 aliphatic heterocycles. The van der Waals surface area contributed by atoms with Crippen molar-refractivity contribution in [1.82, 2.24) is 5.32 Å². The Bertz CT molecular complexity index is 1790. The molecule has 208 valence electrons. The number of amides is 3. The van der Waals surface area contributed by atoms with Crippen LogP contribution in [-0.4, -0.2) is 23.5 Å². The van der Waals surface area contributed by atoms with Gasteiger partial charge in [-0.2, -0.15) is 0 Å². The maximum absolute atomic E-state index is 13.4. The van der Waals surface area contributed by atoms with Crippen LogP contribution in [0.2, 0.25) is 0 Å². The van der Waals surface area contributed by atoms with Crippen LogP contribution in [0.1, 0.15) is 15.9 Å². The number of benzene rings is 5.